The molecule has 1 N–H and O–H groups in total. The van der Waals surface area contributed by atoms with Crippen LogP contribution >= 0.6 is 23.2 Å². The smallest absolute Gasteiger partial charge is 0.264 e. The summed E-state index contributed by atoms with van der Waals surface area (Å²) in [6, 6.07) is 17.2. The molecule has 0 bridgehead atoms. The Morgan fingerprint density at radius 2 is 1.64 bits per heavy atom. The van der Waals surface area contributed by atoms with Crippen molar-refractivity contribution in [2.24, 2.45) is 0 Å². The van der Waals surface area contributed by atoms with Crippen LogP contribution in [0.1, 0.15) is 57.1 Å². The van der Waals surface area contributed by atoms with Crippen molar-refractivity contribution in [3.05, 3.63) is 87.9 Å². The molecule has 1 saturated carbocycles. The zero-order valence-corrected chi connectivity index (χ0v) is 27.6. The van der Waals surface area contributed by atoms with Gasteiger partial charge in [0.25, 0.3) is 10.0 Å². The average Bonchev–Trinajstić information content (AvgIpc) is 3.51. The van der Waals surface area contributed by atoms with Crippen LogP contribution in [-0.4, -0.2) is 50.4 Å². The van der Waals surface area contributed by atoms with E-state index in [4.69, 9.17) is 27.9 Å². The number of carbonyl (C=O) groups is 2. The Labute approximate surface area is 270 Å². The SMILES string of the molecule is CCOc1ccc(S(=O)(=O)N(CC(=O)N(Cc2ccc(Cl)cc2Cl)[C@H](CC)C(=O)NC2CCCC2)c2ccc(C)cc2)cc1. The number of nitrogens with zero attached hydrogens (tertiary/aromatic N) is 2. The second-order valence-electron chi connectivity index (χ2n) is 10.9. The number of amides is 2. The molecule has 0 aromatic heterocycles. The number of sulfonamides is 1. The third-order valence-corrected chi connectivity index (χ3v) is 10.1. The van der Waals surface area contributed by atoms with Crippen molar-refractivity contribution in [2.75, 3.05) is 17.5 Å². The average molecular weight is 661 g/mol. The van der Waals surface area contributed by atoms with Gasteiger partial charge in [-0.15, -0.1) is 0 Å². The minimum atomic E-state index is -4.20. The lowest BCUT2D eigenvalue weighted by atomic mass is 10.1. The minimum absolute atomic E-state index is 0.00370. The van der Waals surface area contributed by atoms with E-state index in [2.05, 4.69) is 5.32 Å². The number of carbonyl (C=O) groups excluding carboxylic acids is 2. The summed E-state index contributed by atoms with van der Waals surface area (Å²) in [6.45, 7) is 5.48. The molecule has 1 aliphatic rings. The lowest BCUT2D eigenvalue weighted by molar-refractivity contribution is -0.140. The van der Waals surface area contributed by atoms with Crippen LogP contribution in [0.25, 0.3) is 0 Å². The van der Waals surface area contributed by atoms with Crippen LogP contribution in [0, 0.1) is 6.92 Å². The molecule has 0 unspecified atom stereocenters. The maximum Gasteiger partial charge on any atom is 0.264 e. The Kier molecular flexibility index (Phi) is 11.6. The maximum absolute atomic E-state index is 14.3. The zero-order valence-electron chi connectivity index (χ0n) is 25.3. The van der Waals surface area contributed by atoms with E-state index < -0.39 is 28.5 Å². The number of hydrogen-bond donors (Lipinski definition) is 1. The molecule has 4 rings (SSSR count). The normalized spacial score (nSPS) is 14.2. The molecule has 2 amide bonds. The van der Waals surface area contributed by atoms with E-state index in [1.165, 1.54) is 17.0 Å². The van der Waals surface area contributed by atoms with E-state index in [1.807, 2.05) is 20.8 Å². The quantitative estimate of drug-likeness (QED) is 0.219. The van der Waals surface area contributed by atoms with E-state index in [0.29, 0.717) is 40.1 Å². The maximum atomic E-state index is 14.3. The summed E-state index contributed by atoms with van der Waals surface area (Å²) in [4.78, 5) is 29.3. The standard InChI is InChI=1S/C33H39Cl2N3O5S/c1-4-31(33(40)36-26-8-6-7-9-26)37(21-24-12-13-25(34)20-30(24)35)32(39)22-38(27-14-10-23(3)11-15-27)44(41,42)29-18-16-28(17-19-29)43-5-2/h10-20,26,31H,4-9,21-22H2,1-3H3,(H,36,40)/t31-/m1/s1. The highest BCUT2D eigenvalue weighted by Crippen LogP contribution is 2.28. The van der Waals surface area contributed by atoms with Gasteiger partial charge in [-0.2, -0.15) is 0 Å². The van der Waals surface area contributed by atoms with Crippen LogP contribution in [0.15, 0.2) is 71.6 Å². The molecule has 0 heterocycles. The van der Waals surface area contributed by atoms with Crippen molar-refractivity contribution in [3.8, 4) is 5.75 Å². The van der Waals surface area contributed by atoms with E-state index in [1.54, 1.807) is 54.6 Å². The van der Waals surface area contributed by atoms with E-state index in [9.17, 15) is 18.0 Å². The Hall–Kier alpha value is -3.27. The van der Waals surface area contributed by atoms with Gasteiger partial charge in [0.05, 0.1) is 17.2 Å². The summed E-state index contributed by atoms with van der Waals surface area (Å²) in [5, 5.41) is 3.89. The minimum Gasteiger partial charge on any atom is -0.494 e. The molecule has 1 aliphatic carbocycles. The predicted molar refractivity (Wildman–Crippen MR) is 175 cm³/mol. The van der Waals surface area contributed by atoms with Gasteiger partial charge in [0.1, 0.15) is 18.3 Å². The summed E-state index contributed by atoms with van der Waals surface area (Å²) in [7, 11) is -4.20. The predicted octanol–water partition coefficient (Wildman–Crippen LogP) is 6.76. The van der Waals surface area contributed by atoms with E-state index >= 15 is 0 Å². The molecule has 8 nitrogen and oxygen atoms in total. The van der Waals surface area contributed by atoms with Gasteiger partial charge in [-0.25, -0.2) is 8.42 Å². The second-order valence-corrected chi connectivity index (χ2v) is 13.6. The summed E-state index contributed by atoms with van der Waals surface area (Å²) in [5.74, 6) is -0.275. The number of benzene rings is 3. The van der Waals surface area contributed by atoms with Gasteiger partial charge in [0.2, 0.25) is 11.8 Å². The highest BCUT2D eigenvalue weighted by Gasteiger charge is 2.35. The summed E-state index contributed by atoms with van der Waals surface area (Å²) < 4.78 is 34.8. The molecule has 0 aliphatic heterocycles. The first-order chi connectivity index (χ1) is 21.0. The second kappa shape index (κ2) is 15.1. The van der Waals surface area contributed by atoms with Crippen molar-refractivity contribution in [2.45, 2.75) is 76.4 Å². The lowest BCUT2D eigenvalue weighted by Crippen LogP contribution is -2.53. The molecule has 44 heavy (non-hydrogen) atoms. The molecule has 0 radical (unpaired) electrons. The summed E-state index contributed by atoms with van der Waals surface area (Å²) in [5.41, 5.74) is 1.85. The van der Waals surface area contributed by atoms with Gasteiger partial charge in [0.15, 0.2) is 0 Å². The number of hydrogen-bond acceptors (Lipinski definition) is 5. The highest BCUT2D eigenvalue weighted by molar-refractivity contribution is 7.92. The van der Waals surface area contributed by atoms with Gasteiger partial charge >= 0.3 is 0 Å². The molecular weight excluding hydrogens is 621 g/mol. The Morgan fingerprint density at radius 1 is 0.977 bits per heavy atom. The van der Waals surface area contributed by atoms with Gasteiger partial charge in [-0.3, -0.25) is 13.9 Å². The van der Waals surface area contributed by atoms with Crippen molar-refractivity contribution in [1.82, 2.24) is 10.2 Å². The number of nitrogens with one attached hydrogen (secondary N) is 1. The Balaban J connectivity index is 1.72. The first-order valence-electron chi connectivity index (χ1n) is 14.9. The topological polar surface area (TPSA) is 96.0 Å². The number of anilines is 1. The number of rotatable bonds is 13. The van der Waals surface area contributed by atoms with Gasteiger partial charge < -0.3 is 15.0 Å². The third-order valence-electron chi connectivity index (χ3n) is 7.77. The van der Waals surface area contributed by atoms with Crippen LogP contribution < -0.4 is 14.4 Å². The van der Waals surface area contributed by atoms with Crippen LogP contribution in [0.3, 0.4) is 0 Å². The Morgan fingerprint density at radius 3 is 2.23 bits per heavy atom. The number of halogens is 2. The van der Waals surface area contributed by atoms with Crippen LogP contribution in [0.5, 0.6) is 5.75 Å². The lowest BCUT2D eigenvalue weighted by Gasteiger charge is -2.34. The molecule has 3 aromatic carbocycles. The highest BCUT2D eigenvalue weighted by atomic mass is 35.5. The van der Waals surface area contributed by atoms with E-state index in [-0.39, 0.29) is 23.4 Å². The van der Waals surface area contributed by atoms with Crippen LogP contribution in [0.2, 0.25) is 10.0 Å². The molecule has 0 spiro atoms. The zero-order chi connectivity index (χ0) is 31.9. The third kappa shape index (κ3) is 8.25. The fourth-order valence-corrected chi connectivity index (χ4v) is 7.24. The van der Waals surface area contributed by atoms with Crippen LogP contribution in [0.4, 0.5) is 5.69 Å². The van der Waals surface area contributed by atoms with Gasteiger partial charge in [-0.05, 0) is 87.2 Å². The molecular formula is C33H39Cl2N3O5S. The monoisotopic (exact) mass is 659 g/mol. The van der Waals surface area contributed by atoms with Gasteiger partial charge in [-0.1, -0.05) is 66.7 Å². The van der Waals surface area contributed by atoms with E-state index in [0.717, 1.165) is 35.6 Å². The fraction of sp³-hybridized carbons (Fsp3) is 0.394. The molecule has 11 heteroatoms. The summed E-state index contributed by atoms with van der Waals surface area (Å²) >= 11 is 12.6. The summed E-state index contributed by atoms with van der Waals surface area (Å²) in [6.07, 6.45) is 4.19. The van der Waals surface area contributed by atoms with Crippen molar-refractivity contribution in [1.29, 1.82) is 0 Å². The van der Waals surface area contributed by atoms with Gasteiger partial charge in [0, 0.05) is 22.6 Å². The molecule has 0 saturated heterocycles. The van der Waals surface area contributed by atoms with Crippen LogP contribution in [-0.2, 0) is 26.2 Å². The number of ether oxygens (including phenoxy) is 1. The molecule has 1 fully saturated rings. The Bertz CT molecular complexity index is 1540. The van der Waals surface area contributed by atoms with Crippen molar-refractivity contribution >= 4 is 50.7 Å². The molecule has 3 aromatic rings. The van der Waals surface area contributed by atoms with Crippen molar-refractivity contribution in [3.63, 3.8) is 0 Å². The van der Waals surface area contributed by atoms with Crippen molar-refractivity contribution < 1.29 is 22.7 Å². The largest absolute Gasteiger partial charge is 0.494 e. The molecule has 236 valence electrons. The first kappa shape index (κ1) is 33.6. The number of aryl methyl sites for hydroxylation is 1. The molecule has 1 atom stereocenters. The first-order valence-corrected chi connectivity index (χ1v) is 17.1. The fourth-order valence-electron chi connectivity index (χ4n) is 5.36.